The van der Waals surface area contributed by atoms with Crippen LogP contribution in [0, 0.1) is 0 Å². The number of esters is 1. The normalized spacial score (nSPS) is 7.57. The highest BCUT2D eigenvalue weighted by Gasteiger charge is 1.89. The van der Waals surface area contributed by atoms with Gasteiger partial charge in [-0.3, -0.25) is 4.79 Å². The maximum Gasteiger partial charge on any atom is 0.310 e. The van der Waals surface area contributed by atoms with Crippen LogP contribution in [-0.2, 0) is 9.53 Å². The minimum absolute atomic E-state index is 0.241. The van der Waals surface area contributed by atoms with Crippen LogP contribution in [0.3, 0.4) is 0 Å². The number of hydrogen-bond acceptors (Lipinski definition) is 2. The third-order valence-electron chi connectivity index (χ3n) is 0.503. The molecule has 2 heteroatoms. The van der Waals surface area contributed by atoms with Crippen LogP contribution in [0.2, 0.25) is 0 Å². The molecule has 7 heavy (non-hydrogen) atoms. The predicted molar refractivity (Wildman–Crippen MR) is 26.6 cm³/mol. The van der Waals surface area contributed by atoms with Crippen molar-refractivity contribution in [2.75, 3.05) is 0 Å². The van der Waals surface area contributed by atoms with Gasteiger partial charge in [-0.1, -0.05) is 13.5 Å². The maximum absolute atomic E-state index is 10.1. The molecular formula is C5H8O2. The van der Waals surface area contributed by atoms with Crippen molar-refractivity contribution in [3.05, 3.63) is 12.8 Å². The summed E-state index contributed by atoms with van der Waals surface area (Å²) in [5.41, 5.74) is 0. The van der Waals surface area contributed by atoms with E-state index in [-0.39, 0.29) is 5.97 Å². The monoisotopic (exact) mass is 100 g/mol. The van der Waals surface area contributed by atoms with Gasteiger partial charge < -0.3 is 4.74 Å². The molecule has 0 fully saturated rings. The Kier molecular flexibility index (Phi) is 3.02. The van der Waals surface area contributed by atoms with Crippen molar-refractivity contribution in [3.63, 3.8) is 0 Å². The molecule has 2 nitrogen and oxygen atoms in total. The van der Waals surface area contributed by atoms with Gasteiger partial charge in [-0.15, -0.1) is 0 Å². The standard InChI is InChI=1S/C5H8O2/c1-3-5(6)7-4-2/h4H,2-3H2,1H3. The van der Waals surface area contributed by atoms with E-state index < -0.39 is 0 Å². The predicted octanol–water partition coefficient (Wildman–Crippen LogP) is 1.08. The molecule has 0 aromatic rings. The minimum atomic E-state index is -0.241. The molecule has 0 saturated carbocycles. The fourth-order valence-corrected chi connectivity index (χ4v) is 0.176. The molecule has 0 radical (unpaired) electrons. The topological polar surface area (TPSA) is 26.3 Å². The van der Waals surface area contributed by atoms with Crippen molar-refractivity contribution >= 4 is 5.97 Å². The first-order chi connectivity index (χ1) is 3.31. The maximum atomic E-state index is 10.1. The first-order valence-electron chi connectivity index (χ1n) is 2.11. The Hall–Kier alpha value is -0.790. The van der Waals surface area contributed by atoms with E-state index >= 15 is 0 Å². The van der Waals surface area contributed by atoms with Crippen LogP contribution in [0.4, 0.5) is 0 Å². The van der Waals surface area contributed by atoms with Crippen molar-refractivity contribution in [1.29, 1.82) is 0 Å². The highest BCUT2D eigenvalue weighted by Crippen LogP contribution is 1.81. The molecule has 0 spiro atoms. The van der Waals surface area contributed by atoms with Crippen LogP contribution < -0.4 is 0 Å². The molecule has 0 aromatic carbocycles. The van der Waals surface area contributed by atoms with E-state index in [0.717, 1.165) is 6.26 Å². The molecule has 0 atom stereocenters. The van der Waals surface area contributed by atoms with Crippen molar-refractivity contribution in [2.45, 2.75) is 13.3 Å². The molecule has 0 aliphatic heterocycles. The Morgan fingerprint density at radius 2 is 2.57 bits per heavy atom. The van der Waals surface area contributed by atoms with Crippen LogP contribution in [0.15, 0.2) is 12.8 Å². The average Bonchev–Trinajstić information content (AvgIpc) is 1.68. The lowest BCUT2D eigenvalue weighted by Gasteiger charge is -1.88. The quantitative estimate of drug-likeness (QED) is 0.383. The summed E-state index contributed by atoms with van der Waals surface area (Å²) in [7, 11) is 0. The third-order valence-corrected chi connectivity index (χ3v) is 0.503. The number of ether oxygens (including phenoxy) is 1. The molecule has 0 N–H and O–H groups in total. The van der Waals surface area contributed by atoms with Crippen LogP contribution in [0.5, 0.6) is 0 Å². The van der Waals surface area contributed by atoms with E-state index in [4.69, 9.17) is 0 Å². The average molecular weight is 100 g/mol. The first kappa shape index (κ1) is 6.21. The highest BCUT2D eigenvalue weighted by atomic mass is 16.5. The van der Waals surface area contributed by atoms with E-state index in [0.29, 0.717) is 6.42 Å². The van der Waals surface area contributed by atoms with E-state index in [1.54, 1.807) is 6.92 Å². The zero-order chi connectivity index (χ0) is 5.70. The zero-order valence-electron chi connectivity index (χ0n) is 4.31. The lowest BCUT2D eigenvalue weighted by atomic mass is 10.5. The van der Waals surface area contributed by atoms with Crippen LogP contribution in [-0.4, -0.2) is 5.97 Å². The Balaban J connectivity index is 3.17. The molecule has 0 amide bonds. The van der Waals surface area contributed by atoms with Crippen molar-refractivity contribution in [3.8, 4) is 0 Å². The summed E-state index contributed by atoms with van der Waals surface area (Å²) in [5.74, 6) is -0.241. The van der Waals surface area contributed by atoms with Crippen molar-refractivity contribution in [2.24, 2.45) is 0 Å². The molecule has 0 rings (SSSR count). The van der Waals surface area contributed by atoms with E-state index in [2.05, 4.69) is 11.3 Å². The van der Waals surface area contributed by atoms with E-state index in [1.165, 1.54) is 0 Å². The summed E-state index contributed by atoms with van der Waals surface area (Å²) in [6, 6.07) is 0. The molecular weight excluding hydrogens is 92.1 g/mol. The van der Waals surface area contributed by atoms with Crippen LogP contribution in [0.25, 0.3) is 0 Å². The zero-order valence-corrected chi connectivity index (χ0v) is 4.31. The van der Waals surface area contributed by atoms with Crippen molar-refractivity contribution in [1.82, 2.24) is 0 Å². The van der Waals surface area contributed by atoms with Crippen LogP contribution >= 0.6 is 0 Å². The van der Waals surface area contributed by atoms with Gasteiger partial charge in [-0.2, -0.15) is 0 Å². The van der Waals surface area contributed by atoms with E-state index in [1.807, 2.05) is 0 Å². The molecule has 0 aliphatic rings. The Bertz CT molecular complexity index is 76.1. The minimum Gasteiger partial charge on any atom is -0.435 e. The van der Waals surface area contributed by atoms with Gasteiger partial charge in [-0.05, 0) is 0 Å². The second-order valence-electron chi connectivity index (χ2n) is 1.01. The van der Waals surface area contributed by atoms with Gasteiger partial charge in [0.1, 0.15) is 0 Å². The van der Waals surface area contributed by atoms with E-state index in [9.17, 15) is 4.79 Å². The summed E-state index contributed by atoms with van der Waals surface area (Å²) in [5, 5.41) is 0. The van der Waals surface area contributed by atoms with Gasteiger partial charge in [0, 0.05) is 6.42 Å². The smallest absolute Gasteiger partial charge is 0.310 e. The summed E-state index contributed by atoms with van der Waals surface area (Å²) in [4.78, 5) is 10.1. The summed E-state index contributed by atoms with van der Waals surface area (Å²) in [6.45, 7) is 4.93. The van der Waals surface area contributed by atoms with Crippen molar-refractivity contribution < 1.29 is 9.53 Å². The molecule has 0 heterocycles. The SMILES string of the molecule is C=COC(=O)CC. The Labute approximate surface area is 42.8 Å². The number of carbonyl (C=O) groups is 1. The summed E-state index contributed by atoms with van der Waals surface area (Å²) in [6.07, 6.45) is 1.54. The van der Waals surface area contributed by atoms with Crippen LogP contribution in [0.1, 0.15) is 13.3 Å². The fourth-order valence-electron chi connectivity index (χ4n) is 0.176. The second-order valence-corrected chi connectivity index (χ2v) is 1.01. The fraction of sp³-hybridized carbons (Fsp3) is 0.400. The Morgan fingerprint density at radius 3 is 2.71 bits per heavy atom. The third kappa shape index (κ3) is 3.03. The van der Waals surface area contributed by atoms with Gasteiger partial charge in [0.2, 0.25) is 0 Å². The summed E-state index contributed by atoms with van der Waals surface area (Å²) >= 11 is 0. The molecule has 0 unspecified atom stereocenters. The lowest BCUT2D eigenvalue weighted by molar-refractivity contribution is -0.137. The van der Waals surface area contributed by atoms with Gasteiger partial charge in [0.25, 0.3) is 0 Å². The largest absolute Gasteiger partial charge is 0.435 e. The first-order valence-corrected chi connectivity index (χ1v) is 2.11. The lowest BCUT2D eigenvalue weighted by Crippen LogP contribution is -1.94. The molecule has 0 bridgehead atoms. The number of rotatable bonds is 2. The second kappa shape index (κ2) is 3.40. The molecule has 40 valence electrons. The van der Waals surface area contributed by atoms with Gasteiger partial charge in [0.05, 0.1) is 6.26 Å². The number of hydrogen-bond donors (Lipinski definition) is 0. The van der Waals surface area contributed by atoms with Gasteiger partial charge >= 0.3 is 5.97 Å². The summed E-state index contributed by atoms with van der Waals surface area (Å²) < 4.78 is 4.32. The highest BCUT2D eigenvalue weighted by molar-refractivity contribution is 5.69. The molecule has 0 aliphatic carbocycles. The molecule has 0 saturated heterocycles. The molecule has 0 aromatic heterocycles. The van der Waals surface area contributed by atoms with Gasteiger partial charge in [-0.25, -0.2) is 0 Å². The van der Waals surface area contributed by atoms with Gasteiger partial charge in [0.15, 0.2) is 0 Å². The number of carbonyl (C=O) groups excluding carboxylic acids is 1. The Morgan fingerprint density at radius 1 is 2.00 bits per heavy atom.